The number of rotatable bonds is 3. The lowest BCUT2D eigenvalue weighted by Crippen LogP contribution is -2.44. The van der Waals surface area contributed by atoms with Crippen LogP contribution < -0.4 is 5.32 Å². The highest BCUT2D eigenvalue weighted by atomic mass is 16.1. The van der Waals surface area contributed by atoms with Gasteiger partial charge in [0.05, 0.1) is 0 Å². The minimum Gasteiger partial charge on any atom is -0.353 e. The largest absolute Gasteiger partial charge is 0.353 e. The molecule has 2 aliphatic carbocycles. The molecule has 0 radical (unpaired) electrons. The zero-order valence-electron chi connectivity index (χ0n) is 7.68. The molecule has 0 atom stereocenters. The van der Waals surface area contributed by atoms with Gasteiger partial charge in [-0.3, -0.25) is 4.79 Å². The van der Waals surface area contributed by atoms with Crippen LogP contribution in [0, 0.1) is 11.8 Å². The highest BCUT2D eigenvalue weighted by Crippen LogP contribution is 2.46. The summed E-state index contributed by atoms with van der Waals surface area (Å²) in [6.07, 6.45) is 6.01. The second-order valence-electron chi connectivity index (χ2n) is 4.19. The number of hydrogen-bond acceptors (Lipinski definition) is 1. The molecule has 0 spiro atoms. The van der Waals surface area contributed by atoms with Gasteiger partial charge < -0.3 is 5.32 Å². The molecule has 68 valence electrons. The average Bonchev–Trinajstić information content (AvgIpc) is 2.78. The van der Waals surface area contributed by atoms with Crippen LogP contribution in [0.2, 0.25) is 0 Å². The molecule has 2 aliphatic rings. The van der Waals surface area contributed by atoms with Crippen LogP contribution in [-0.2, 0) is 4.79 Å². The number of carbonyl (C=O) groups excluding carboxylic acids is 1. The van der Waals surface area contributed by atoms with Crippen molar-refractivity contribution in [3.05, 3.63) is 0 Å². The van der Waals surface area contributed by atoms with Crippen molar-refractivity contribution in [1.29, 1.82) is 0 Å². The molecule has 1 amide bonds. The molecule has 0 aliphatic heterocycles. The van der Waals surface area contributed by atoms with Crippen molar-refractivity contribution in [3.63, 3.8) is 0 Å². The number of carbonyl (C=O) groups is 1. The molecule has 12 heavy (non-hydrogen) atoms. The lowest BCUT2D eigenvalue weighted by Gasteiger charge is -2.36. The van der Waals surface area contributed by atoms with Gasteiger partial charge in [-0.05, 0) is 37.5 Å². The first kappa shape index (κ1) is 8.09. The van der Waals surface area contributed by atoms with E-state index in [2.05, 4.69) is 5.32 Å². The fourth-order valence-corrected chi connectivity index (χ4v) is 2.06. The Hall–Kier alpha value is -0.530. The van der Waals surface area contributed by atoms with E-state index in [0.717, 1.165) is 11.8 Å². The van der Waals surface area contributed by atoms with Crippen molar-refractivity contribution in [3.8, 4) is 0 Å². The topological polar surface area (TPSA) is 29.1 Å². The second-order valence-corrected chi connectivity index (χ2v) is 4.19. The van der Waals surface area contributed by atoms with Crippen LogP contribution in [0.1, 0.15) is 39.0 Å². The molecular weight excluding hydrogens is 150 g/mol. The molecule has 2 rings (SSSR count). The Morgan fingerprint density at radius 1 is 1.33 bits per heavy atom. The average molecular weight is 167 g/mol. The number of nitrogens with one attached hydrogen (secondary N) is 1. The maximum absolute atomic E-state index is 11.0. The number of hydrogen-bond donors (Lipinski definition) is 1. The Morgan fingerprint density at radius 3 is 2.50 bits per heavy atom. The minimum absolute atomic E-state index is 0.217. The molecule has 2 heteroatoms. The van der Waals surface area contributed by atoms with Gasteiger partial charge in [0.25, 0.3) is 0 Å². The third kappa shape index (κ3) is 1.62. The monoisotopic (exact) mass is 167 g/mol. The predicted molar refractivity (Wildman–Crippen MR) is 47.7 cm³/mol. The second kappa shape index (κ2) is 3.08. The summed E-state index contributed by atoms with van der Waals surface area (Å²) in [5.41, 5.74) is 0. The van der Waals surface area contributed by atoms with Crippen LogP contribution in [0.3, 0.4) is 0 Å². The fraction of sp³-hybridized carbons (Fsp3) is 0.900. The van der Waals surface area contributed by atoms with Crippen LogP contribution in [0.4, 0.5) is 0 Å². The summed E-state index contributed by atoms with van der Waals surface area (Å²) in [7, 11) is 0. The third-order valence-corrected chi connectivity index (χ3v) is 3.15. The molecule has 0 aromatic heterocycles. The van der Waals surface area contributed by atoms with Gasteiger partial charge >= 0.3 is 0 Å². The van der Waals surface area contributed by atoms with Gasteiger partial charge in [-0.1, -0.05) is 6.92 Å². The van der Waals surface area contributed by atoms with E-state index < -0.39 is 0 Å². The predicted octanol–water partition coefficient (Wildman–Crippen LogP) is 1.70. The molecule has 0 aromatic rings. The van der Waals surface area contributed by atoms with Crippen LogP contribution in [0.25, 0.3) is 0 Å². The van der Waals surface area contributed by atoms with E-state index in [1.807, 2.05) is 6.92 Å². The molecule has 2 nitrogen and oxygen atoms in total. The Bertz CT molecular complexity index is 180. The van der Waals surface area contributed by atoms with Gasteiger partial charge in [-0.15, -0.1) is 0 Å². The lowest BCUT2D eigenvalue weighted by molar-refractivity contribution is -0.122. The summed E-state index contributed by atoms with van der Waals surface area (Å²) in [4.78, 5) is 11.0. The van der Waals surface area contributed by atoms with E-state index in [-0.39, 0.29) is 5.91 Å². The fourth-order valence-electron chi connectivity index (χ4n) is 2.06. The summed E-state index contributed by atoms with van der Waals surface area (Å²) in [5, 5.41) is 3.04. The van der Waals surface area contributed by atoms with E-state index in [9.17, 15) is 4.79 Å². The first-order valence-corrected chi connectivity index (χ1v) is 5.09. The smallest absolute Gasteiger partial charge is 0.219 e. The minimum atomic E-state index is 0.217. The number of amides is 1. The standard InChI is InChI=1S/C10H17NO/c1-2-10(12)11-9-5-8(6-9)7-3-4-7/h7-9H,2-6H2,1H3,(H,11,12). The molecule has 0 unspecified atom stereocenters. The summed E-state index contributed by atoms with van der Waals surface area (Å²) in [6, 6.07) is 0.517. The maximum Gasteiger partial charge on any atom is 0.219 e. The highest BCUT2D eigenvalue weighted by Gasteiger charge is 2.40. The Labute approximate surface area is 73.7 Å². The van der Waals surface area contributed by atoms with Crippen molar-refractivity contribution >= 4 is 5.91 Å². The van der Waals surface area contributed by atoms with E-state index in [1.54, 1.807) is 0 Å². The van der Waals surface area contributed by atoms with Gasteiger partial charge in [-0.2, -0.15) is 0 Å². The van der Waals surface area contributed by atoms with Gasteiger partial charge in [0.15, 0.2) is 0 Å². The van der Waals surface area contributed by atoms with Gasteiger partial charge in [-0.25, -0.2) is 0 Å². The van der Waals surface area contributed by atoms with E-state index in [4.69, 9.17) is 0 Å². The van der Waals surface area contributed by atoms with E-state index >= 15 is 0 Å². The summed E-state index contributed by atoms with van der Waals surface area (Å²) < 4.78 is 0. The zero-order chi connectivity index (χ0) is 8.55. The summed E-state index contributed by atoms with van der Waals surface area (Å²) in [5.74, 6) is 2.20. The zero-order valence-corrected chi connectivity index (χ0v) is 7.68. The van der Waals surface area contributed by atoms with Crippen molar-refractivity contribution < 1.29 is 4.79 Å². The normalized spacial score (nSPS) is 34.1. The molecule has 0 saturated heterocycles. The molecule has 2 saturated carbocycles. The SMILES string of the molecule is CCC(=O)NC1CC(C2CC2)C1. The molecule has 0 heterocycles. The van der Waals surface area contributed by atoms with Crippen LogP contribution in [0.5, 0.6) is 0 Å². The Morgan fingerprint density at radius 2 is 2.00 bits per heavy atom. The molecule has 0 aromatic carbocycles. The van der Waals surface area contributed by atoms with E-state index in [0.29, 0.717) is 12.5 Å². The maximum atomic E-state index is 11.0. The Kier molecular flexibility index (Phi) is 2.07. The van der Waals surface area contributed by atoms with Crippen molar-refractivity contribution in [2.24, 2.45) is 11.8 Å². The van der Waals surface area contributed by atoms with Gasteiger partial charge in [0.2, 0.25) is 5.91 Å². The van der Waals surface area contributed by atoms with E-state index in [1.165, 1.54) is 25.7 Å². The molecule has 1 N–H and O–H groups in total. The van der Waals surface area contributed by atoms with Gasteiger partial charge in [0.1, 0.15) is 0 Å². The van der Waals surface area contributed by atoms with Gasteiger partial charge in [0, 0.05) is 12.5 Å². The highest BCUT2D eigenvalue weighted by molar-refractivity contribution is 5.75. The first-order valence-electron chi connectivity index (χ1n) is 5.09. The van der Waals surface area contributed by atoms with Crippen molar-refractivity contribution in [1.82, 2.24) is 5.32 Å². The quantitative estimate of drug-likeness (QED) is 0.681. The molecule has 2 fully saturated rings. The van der Waals surface area contributed by atoms with Crippen molar-refractivity contribution in [2.75, 3.05) is 0 Å². The third-order valence-electron chi connectivity index (χ3n) is 3.15. The summed E-state index contributed by atoms with van der Waals surface area (Å²) >= 11 is 0. The van der Waals surface area contributed by atoms with Crippen LogP contribution in [0.15, 0.2) is 0 Å². The molecule has 0 bridgehead atoms. The lowest BCUT2D eigenvalue weighted by atomic mass is 9.77. The van der Waals surface area contributed by atoms with Crippen LogP contribution >= 0.6 is 0 Å². The van der Waals surface area contributed by atoms with Crippen LogP contribution in [-0.4, -0.2) is 11.9 Å². The Balaban J connectivity index is 1.64. The summed E-state index contributed by atoms with van der Waals surface area (Å²) in [6.45, 7) is 1.91. The van der Waals surface area contributed by atoms with Crippen molar-refractivity contribution in [2.45, 2.75) is 45.1 Å². The molecular formula is C10H17NO. The first-order chi connectivity index (χ1) is 5.79.